The van der Waals surface area contributed by atoms with Gasteiger partial charge in [-0.2, -0.15) is 26.3 Å². The van der Waals surface area contributed by atoms with Gasteiger partial charge in [-0.15, -0.1) is 12.3 Å². The van der Waals surface area contributed by atoms with Crippen molar-refractivity contribution >= 4 is 5.97 Å². The number of alkyl halides is 6. The van der Waals surface area contributed by atoms with Crippen LogP contribution in [0, 0.1) is 12.3 Å². The van der Waals surface area contributed by atoms with E-state index in [9.17, 15) is 31.1 Å². The molecule has 0 atom stereocenters. The van der Waals surface area contributed by atoms with E-state index < -0.39 is 35.0 Å². The maximum absolute atomic E-state index is 12.8. The molecule has 0 fully saturated rings. The van der Waals surface area contributed by atoms with Crippen molar-refractivity contribution in [3.63, 3.8) is 0 Å². The molecule has 0 spiro atoms. The standard InChI is InChI=1S/C20H22F6O2/c1-2-3-4-5-6-7-8-9-10-11-28-18(27)15-12-16(19(21,22)23)14-17(13-15)20(24,25)26/h1,12-14H,3-11H2. The summed E-state index contributed by atoms with van der Waals surface area (Å²) in [6.07, 6.45) is 2.06. The van der Waals surface area contributed by atoms with E-state index in [1.165, 1.54) is 0 Å². The van der Waals surface area contributed by atoms with Gasteiger partial charge in [0.05, 0.1) is 23.3 Å². The van der Waals surface area contributed by atoms with Gasteiger partial charge in [0.1, 0.15) is 0 Å². The van der Waals surface area contributed by atoms with Gasteiger partial charge >= 0.3 is 18.3 Å². The van der Waals surface area contributed by atoms with Crippen LogP contribution in [0.2, 0.25) is 0 Å². The Morgan fingerprint density at radius 1 is 0.821 bits per heavy atom. The molecule has 0 heterocycles. The van der Waals surface area contributed by atoms with Gasteiger partial charge in [0, 0.05) is 6.42 Å². The number of carbonyl (C=O) groups is 1. The summed E-state index contributed by atoms with van der Waals surface area (Å²) in [6.45, 7) is -0.0620. The van der Waals surface area contributed by atoms with Crippen LogP contribution in [-0.2, 0) is 17.1 Å². The third-order valence-corrected chi connectivity index (χ3v) is 4.02. The van der Waals surface area contributed by atoms with E-state index in [2.05, 4.69) is 5.92 Å². The monoisotopic (exact) mass is 408 g/mol. The van der Waals surface area contributed by atoms with Gasteiger partial charge in [-0.1, -0.05) is 32.1 Å². The van der Waals surface area contributed by atoms with E-state index >= 15 is 0 Å². The average molecular weight is 408 g/mol. The van der Waals surface area contributed by atoms with Crippen molar-refractivity contribution in [2.75, 3.05) is 6.61 Å². The molecule has 0 saturated carbocycles. The molecule has 0 amide bonds. The number of terminal acetylenes is 1. The average Bonchev–Trinajstić information content (AvgIpc) is 2.61. The zero-order valence-electron chi connectivity index (χ0n) is 15.3. The summed E-state index contributed by atoms with van der Waals surface area (Å²) >= 11 is 0. The fraction of sp³-hybridized carbons (Fsp3) is 0.550. The first-order valence-corrected chi connectivity index (χ1v) is 8.96. The van der Waals surface area contributed by atoms with Gasteiger partial charge in [0.15, 0.2) is 0 Å². The number of hydrogen-bond donors (Lipinski definition) is 0. The largest absolute Gasteiger partial charge is 0.462 e. The summed E-state index contributed by atoms with van der Waals surface area (Å²) in [6, 6.07) is 0.710. The number of rotatable bonds is 10. The Morgan fingerprint density at radius 2 is 1.29 bits per heavy atom. The molecule has 0 aliphatic carbocycles. The van der Waals surface area contributed by atoms with Gasteiger partial charge in [0.25, 0.3) is 0 Å². The zero-order chi connectivity index (χ0) is 21.2. The van der Waals surface area contributed by atoms with Crippen LogP contribution in [0.15, 0.2) is 18.2 Å². The molecule has 1 aromatic carbocycles. The molecule has 1 aromatic rings. The fourth-order valence-electron chi connectivity index (χ4n) is 2.53. The molecule has 0 aromatic heterocycles. The third-order valence-electron chi connectivity index (χ3n) is 4.02. The predicted octanol–water partition coefficient (Wildman–Crippen LogP) is 6.64. The van der Waals surface area contributed by atoms with Crippen LogP contribution >= 0.6 is 0 Å². The van der Waals surface area contributed by atoms with Gasteiger partial charge in [-0.3, -0.25) is 0 Å². The molecule has 0 radical (unpaired) electrons. The zero-order valence-corrected chi connectivity index (χ0v) is 15.3. The van der Waals surface area contributed by atoms with Crippen LogP contribution in [0.4, 0.5) is 26.3 Å². The van der Waals surface area contributed by atoms with E-state index in [-0.39, 0.29) is 12.7 Å². The van der Waals surface area contributed by atoms with E-state index in [4.69, 9.17) is 11.2 Å². The Hall–Kier alpha value is -2.17. The molecule has 1 rings (SSSR count). The molecule has 0 aliphatic heterocycles. The highest BCUT2D eigenvalue weighted by Crippen LogP contribution is 2.36. The highest BCUT2D eigenvalue weighted by molar-refractivity contribution is 5.90. The molecule has 28 heavy (non-hydrogen) atoms. The number of carbonyl (C=O) groups excluding carboxylic acids is 1. The lowest BCUT2D eigenvalue weighted by atomic mass is 10.0. The summed E-state index contributed by atoms with van der Waals surface area (Å²) in [4.78, 5) is 11.9. The van der Waals surface area contributed by atoms with Gasteiger partial charge < -0.3 is 4.74 Å². The molecule has 156 valence electrons. The topological polar surface area (TPSA) is 26.3 Å². The lowest BCUT2D eigenvalue weighted by Gasteiger charge is -2.14. The van der Waals surface area contributed by atoms with Crippen LogP contribution in [0.25, 0.3) is 0 Å². The highest BCUT2D eigenvalue weighted by Gasteiger charge is 2.37. The third kappa shape index (κ3) is 8.68. The minimum Gasteiger partial charge on any atom is -0.462 e. The lowest BCUT2D eigenvalue weighted by Crippen LogP contribution is -2.15. The normalized spacial score (nSPS) is 11.9. The molecule has 2 nitrogen and oxygen atoms in total. The molecule has 0 unspecified atom stereocenters. The first-order valence-electron chi connectivity index (χ1n) is 8.96. The van der Waals surface area contributed by atoms with Crippen LogP contribution in [-0.4, -0.2) is 12.6 Å². The van der Waals surface area contributed by atoms with Crippen molar-refractivity contribution in [3.8, 4) is 12.3 Å². The quantitative estimate of drug-likeness (QED) is 0.188. The van der Waals surface area contributed by atoms with Crippen molar-refractivity contribution in [1.29, 1.82) is 0 Å². The molecular weight excluding hydrogens is 386 g/mol. The van der Waals surface area contributed by atoms with E-state index in [0.717, 1.165) is 44.9 Å². The number of hydrogen-bond acceptors (Lipinski definition) is 2. The van der Waals surface area contributed by atoms with Crippen molar-refractivity contribution in [2.24, 2.45) is 0 Å². The van der Waals surface area contributed by atoms with Crippen molar-refractivity contribution < 1.29 is 35.9 Å². The molecule has 0 aliphatic rings. The Kier molecular flexibility index (Phi) is 9.36. The summed E-state index contributed by atoms with van der Waals surface area (Å²) in [5.74, 6) is 1.36. The molecule has 0 saturated heterocycles. The number of unbranched alkanes of at least 4 members (excludes halogenated alkanes) is 7. The Labute approximate surface area is 160 Å². The van der Waals surface area contributed by atoms with Crippen molar-refractivity contribution in [2.45, 2.75) is 63.7 Å². The van der Waals surface area contributed by atoms with Crippen molar-refractivity contribution in [3.05, 3.63) is 34.9 Å². The summed E-state index contributed by atoms with van der Waals surface area (Å²) < 4.78 is 81.6. The lowest BCUT2D eigenvalue weighted by molar-refractivity contribution is -0.143. The molecular formula is C20H22F6O2. The fourth-order valence-corrected chi connectivity index (χ4v) is 2.53. The first-order chi connectivity index (χ1) is 13.1. The Morgan fingerprint density at radius 3 is 1.75 bits per heavy atom. The summed E-state index contributed by atoms with van der Waals surface area (Å²) in [5.41, 5.74) is -3.85. The minimum absolute atomic E-state index is 0.0274. The second-order valence-corrected chi connectivity index (χ2v) is 6.36. The number of benzene rings is 1. The first kappa shape index (κ1) is 23.9. The Bertz CT molecular complexity index is 638. The molecule has 0 bridgehead atoms. The van der Waals surface area contributed by atoms with Gasteiger partial charge in [0.2, 0.25) is 0 Å². The van der Waals surface area contributed by atoms with Crippen molar-refractivity contribution in [1.82, 2.24) is 0 Å². The SMILES string of the molecule is C#CCCCCCCCCCOC(=O)c1cc(C(F)(F)F)cc(C(F)(F)F)c1. The van der Waals surface area contributed by atoms with E-state index in [1.807, 2.05) is 0 Å². The molecule has 8 heteroatoms. The van der Waals surface area contributed by atoms with Crippen LogP contribution < -0.4 is 0 Å². The van der Waals surface area contributed by atoms with Gasteiger partial charge in [-0.25, -0.2) is 4.79 Å². The maximum atomic E-state index is 12.8. The van der Waals surface area contributed by atoms with E-state index in [1.54, 1.807) is 0 Å². The molecule has 0 N–H and O–H groups in total. The minimum atomic E-state index is -5.00. The summed E-state index contributed by atoms with van der Waals surface area (Å²) in [7, 11) is 0. The van der Waals surface area contributed by atoms with Crippen LogP contribution in [0.3, 0.4) is 0 Å². The van der Waals surface area contributed by atoms with E-state index in [0.29, 0.717) is 18.6 Å². The maximum Gasteiger partial charge on any atom is 0.416 e. The summed E-state index contributed by atoms with van der Waals surface area (Å²) in [5, 5.41) is 0. The number of ether oxygens (including phenoxy) is 1. The highest BCUT2D eigenvalue weighted by atomic mass is 19.4. The number of esters is 1. The van der Waals surface area contributed by atoms with Gasteiger partial charge in [-0.05, 0) is 31.0 Å². The second-order valence-electron chi connectivity index (χ2n) is 6.36. The second kappa shape index (κ2) is 11.0. The smallest absolute Gasteiger partial charge is 0.416 e. The predicted molar refractivity (Wildman–Crippen MR) is 92.5 cm³/mol. The van der Waals surface area contributed by atoms with Crippen LogP contribution in [0.1, 0.15) is 72.9 Å². The Balaban J connectivity index is 2.50. The van der Waals surface area contributed by atoms with Crippen LogP contribution in [0.5, 0.6) is 0 Å². The number of halogens is 6.